The zero-order chi connectivity index (χ0) is 17.5. The summed E-state index contributed by atoms with van der Waals surface area (Å²) >= 11 is 7.99. The molecule has 7 nitrogen and oxygen atoms in total. The largest absolute Gasteiger partial charge is 0.484 e. The third-order valence-electron chi connectivity index (χ3n) is 2.70. The topological polar surface area (TPSA) is 92.6 Å². The minimum absolute atomic E-state index is 0.0728. The van der Waals surface area contributed by atoms with Crippen LogP contribution < -0.4 is 20.9 Å². The molecule has 0 saturated carbocycles. The molecule has 2 rings (SSSR count). The van der Waals surface area contributed by atoms with Crippen molar-refractivity contribution in [1.82, 2.24) is 16.2 Å². The van der Waals surface area contributed by atoms with Crippen molar-refractivity contribution in [2.45, 2.75) is 6.92 Å². The van der Waals surface area contributed by atoms with Crippen LogP contribution in [0.3, 0.4) is 0 Å². The lowest BCUT2D eigenvalue weighted by Crippen LogP contribution is -2.49. The highest BCUT2D eigenvalue weighted by Gasteiger charge is 2.12. The van der Waals surface area contributed by atoms with Crippen LogP contribution in [0.4, 0.5) is 0 Å². The number of nitrogens with one attached hydrogen (secondary N) is 3. The van der Waals surface area contributed by atoms with Crippen molar-refractivity contribution >= 4 is 45.1 Å². The zero-order valence-corrected chi connectivity index (χ0v) is 15.0. The highest BCUT2D eigenvalue weighted by atomic mass is 79.9. The SMILES string of the molecule is Cc1cccc(OCC(=O)NNC(=S)NC(=O)c2ccc(Br)o2)c1. The summed E-state index contributed by atoms with van der Waals surface area (Å²) < 4.78 is 10.8. The molecule has 3 N–H and O–H groups in total. The molecule has 0 spiro atoms. The molecule has 126 valence electrons. The number of halogens is 1. The van der Waals surface area contributed by atoms with Gasteiger partial charge in [0, 0.05) is 0 Å². The van der Waals surface area contributed by atoms with Gasteiger partial charge in [0.1, 0.15) is 5.75 Å². The highest BCUT2D eigenvalue weighted by Crippen LogP contribution is 2.13. The van der Waals surface area contributed by atoms with Gasteiger partial charge in [-0.2, -0.15) is 0 Å². The molecule has 2 aromatic rings. The fourth-order valence-corrected chi connectivity index (χ4v) is 2.10. The minimum atomic E-state index is -0.538. The van der Waals surface area contributed by atoms with Gasteiger partial charge in [0.05, 0.1) is 0 Å². The number of thiocarbonyl (C=S) groups is 1. The summed E-state index contributed by atoms with van der Waals surface area (Å²) in [5, 5.41) is 2.28. The van der Waals surface area contributed by atoms with Gasteiger partial charge in [0.15, 0.2) is 22.1 Å². The zero-order valence-electron chi connectivity index (χ0n) is 12.6. The van der Waals surface area contributed by atoms with E-state index in [1.54, 1.807) is 12.1 Å². The summed E-state index contributed by atoms with van der Waals surface area (Å²) in [5.74, 6) is -0.318. The molecule has 0 fully saturated rings. The van der Waals surface area contributed by atoms with E-state index < -0.39 is 11.8 Å². The molecule has 1 aromatic carbocycles. The Bertz CT molecular complexity index is 763. The first-order chi connectivity index (χ1) is 11.4. The molecule has 1 heterocycles. The van der Waals surface area contributed by atoms with Crippen molar-refractivity contribution in [3.63, 3.8) is 0 Å². The number of benzene rings is 1. The van der Waals surface area contributed by atoms with E-state index >= 15 is 0 Å². The number of amides is 2. The van der Waals surface area contributed by atoms with Crippen LogP contribution in [0.25, 0.3) is 0 Å². The van der Waals surface area contributed by atoms with E-state index in [0.29, 0.717) is 10.4 Å². The van der Waals surface area contributed by atoms with Crippen molar-refractivity contribution in [1.29, 1.82) is 0 Å². The molecule has 0 atom stereocenters. The van der Waals surface area contributed by atoms with Gasteiger partial charge in [0.25, 0.3) is 11.8 Å². The van der Waals surface area contributed by atoms with Crippen LogP contribution in [0.5, 0.6) is 5.75 Å². The molecule has 0 bridgehead atoms. The van der Waals surface area contributed by atoms with E-state index in [0.717, 1.165) is 5.56 Å². The molecule has 1 aromatic heterocycles. The van der Waals surface area contributed by atoms with Crippen LogP contribution in [-0.2, 0) is 4.79 Å². The van der Waals surface area contributed by atoms with E-state index in [2.05, 4.69) is 32.1 Å². The van der Waals surface area contributed by atoms with Crippen molar-refractivity contribution in [3.8, 4) is 5.75 Å². The molecule has 0 aliphatic rings. The van der Waals surface area contributed by atoms with Crippen molar-refractivity contribution in [2.24, 2.45) is 0 Å². The van der Waals surface area contributed by atoms with Gasteiger partial charge < -0.3 is 9.15 Å². The quantitative estimate of drug-likeness (QED) is 0.526. The van der Waals surface area contributed by atoms with E-state index in [-0.39, 0.29) is 17.5 Å². The predicted molar refractivity (Wildman–Crippen MR) is 94.4 cm³/mol. The second-order valence-electron chi connectivity index (χ2n) is 4.67. The van der Waals surface area contributed by atoms with E-state index in [9.17, 15) is 9.59 Å². The maximum Gasteiger partial charge on any atom is 0.293 e. The Balaban J connectivity index is 1.71. The van der Waals surface area contributed by atoms with Gasteiger partial charge in [-0.15, -0.1) is 0 Å². The standard InChI is InChI=1S/C15H14BrN3O4S/c1-9-3-2-4-10(7-9)22-8-13(20)18-19-15(24)17-14(21)11-5-6-12(16)23-11/h2-7H,8H2,1H3,(H,18,20)(H2,17,19,21,24). The van der Waals surface area contributed by atoms with Crippen molar-refractivity contribution in [2.75, 3.05) is 6.61 Å². The third kappa shape index (κ3) is 5.67. The molecule has 0 radical (unpaired) electrons. The Hall–Kier alpha value is -2.39. The Morgan fingerprint density at radius 1 is 1.25 bits per heavy atom. The van der Waals surface area contributed by atoms with Gasteiger partial charge in [-0.25, -0.2) is 0 Å². The van der Waals surface area contributed by atoms with Gasteiger partial charge in [-0.1, -0.05) is 12.1 Å². The number of furan rings is 1. The summed E-state index contributed by atoms with van der Waals surface area (Å²) in [5.41, 5.74) is 5.75. The monoisotopic (exact) mass is 411 g/mol. The average molecular weight is 412 g/mol. The van der Waals surface area contributed by atoms with Gasteiger partial charge in [-0.05, 0) is 64.9 Å². The van der Waals surface area contributed by atoms with Gasteiger partial charge in [-0.3, -0.25) is 25.8 Å². The molecule has 0 saturated heterocycles. The first-order valence-corrected chi connectivity index (χ1v) is 7.99. The molecule has 0 aliphatic carbocycles. The Morgan fingerprint density at radius 2 is 2.04 bits per heavy atom. The lowest BCUT2D eigenvalue weighted by molar-refractivity contribution is -0.123. The lowest BCUT2D eigenvalue weighted by atomic mass is 10.2. The summed E-state index contributed by atoms with van der Waals surface area (Å²) in [6.07, 6.45) is 0. The van der Waals surface area contributed by atoms with E-state index in [1.807, 2.05) is 25.1 Å². The molecule has 2 amide bonds. The predicted octanol–water partition coefficient (Wildman–Crippen LogP) is 2.07. The molecule has 0 aliphatic heterocycles. The van der Waals surface area contributed by atoms with Crippen LogP contribution in [0.15, 0.2) is 45.5 Å². The normalized spacial score (nSPS) is 9.92. The number of ether oxygens (including phenoxy) is 1. The van der Waals surface area contributed by atoms with Gasteiger partial charge in [0.2, 0.25) is 0 Å². The fraction of sp³-hybridized carbons (Fsp3) is 0.133. The van der Waals surface area contributed by atoms with Crippen LogP contribution >= 0.6 is 28.1 Å². The highest BCUT2D eigenvalue weighted by molar-refractivity contribution is 9.10. The number of hydrogen-bond acceptors (Lipinski definition) is 5. The molecule has 24 heavy (non-hydrogen) atoms. The number of hydrogen-bond donors (Lipinski definition) is 3. The number of carbonyl (C=O) groups is 2. The van der Waals surface area contributed by atoms with Crippen LogP contribution in [-0.4, -0.2) is 23.5 Å². The number of aryl methyl sites for hydroxylation is 1. The Morgan fingerprint density at radius 3 is 2.71 bits per heavy atom. The van der Waals surface area contributed by atoms with Crippen molar-refractivity contribution < 1.29 is 18.7 Å². The third-order valence-corrected chi connectivity index (χ3v) is 3.33. The number of rotatable bonds is 4. The molecule has 0 unspecified atom stereocenters. The Kier molecular flexibility index (Phi) is 6.33. The Labute approximate surface area is 151 Å². The first kappa shape index (κ1) is 18.0. The second kappa shape index (κ2) is 8.46. The number of hydrazine groups is 1. The minimum Gasteiger partial charge on any atom is -0.484 e. The maximum atomic E-state index is 11.8. The summed E-state index contributed by atoms with van der Waals surface area (Å²) in [4.78, 5) is 23.4. The van der Waals surface area contributed by atoms with Crippen LogP contribution in [0.2, 0.25) is 0 Å². The smallest absolute Gasteiger partial charge is 0.293 e. The van der Waals surface area contributed by atoms with E-state index in [4.69, 9.17) is 21.4 Å². The average Bonchev–Trinajstić information content (AvgIpc) is 2.98. The number of carbonyl (C=O) groups excluding carboxylic acids is 2. The summed E-state index contributed by atoms with van der Waals surface area (Å²) in [7, 11) is 0. The lowest BCUT2D eigenvalue weighted by Gasteiger charge is -2.11. The first-order valence-electron chi connectivity index (χ1n) is 6.79. The van der Waals surface area contributed by atoms with Crippen LogP contribution in [0.1, 0.15) is 16.1 Å². The van der Waals surface area contributed by atoms with E-state index in [1.165, 1.54) is 6.07 Å². The molecular weight excluding hydrogens is 398 g/mol. The second-order valence-corrected chi connectivity index (χ2v) is 5.86. The summed E-state index contributed by atoms with van der Waals surface area (Å²) in [6, 6.07) is 10.4. The molecule has 9 heteroatoms. The fourth-order valence-electron chi connectivity index (χ4n) is 1.65. The van der Waals surface area contributed by atoms with Gasteiger partial charge >= 0.3 is 0 Å². The molecular formula is C15H14BrN3O4S. The maximum absolute atomic E-state index is 11.8. The summed E-state index contributed by atoms with van der Waals surface area (Å²) in [6.45, 7) is 1.73. The van der Waals surface area contributed by atoms with Crippen molar-refractivity contribution in [3.05, 3.63) is 52.4 Å². The van der Waals surface area contributed by atoms with Crippen LogP contribution in [0, 0.1) is 6.92 Å².